The molecule has 29 heavy (non-hydrogen) atoms. The highest BCUT2D eigenvalue weighted by Gasteiger charge is 2.20. The summed E-state index contributed by atoms with van der Waals surface area (Å²) in [6.45, 7) is 3.96. The van der Waals surface area contributed by atoms with Crippen molar-refractivity contribution in [3.05, 3.63) is 65.4 Å². The minimum Gasteiger partial charge on any atom is -0.466 e. The Morgan fingerprint density at radius 2 is 1.72 bits per heavy atom. The van der Waals surface area contributed by atoms with Gasteiger partial charge >= 0.3 is 5.97 Å². The van der Waals surface area contributed by atoms with Crippen LogP contribution in [0.15, 0.2) is 53.1 Å². The molecule has 2 aromatic carbocycles. The topological polar surface area (TPSA) is 72.6 Å². The maximum absolute atomic E-state index is 11.5. The lowest BCUT2D eigenvalue weighted by atomic mass is 9.98. The number of aliphatic hydroxyl groups excluding tert-OH is 1. The number of hydrogen-bond acceptors (Lipinski definition) is 5. The maximum atomic E-state index is 11.5. The Morgan fingerprint density at radius 3 is 2.31 bits per heavy atom. The van der Waals surface area contributed by atoms with Crippen molar-refractivity contribution in [3.63, 3.8) is 0 Å². The largest absolute Gasteiger partial charge is 0.466 e. The number of terminal acetylenes is 1. The summed E-state index contributed by atoms with van der Waals surface area (Å²) in [6.07, 6.45) is 5.33. The molecule has 0 amide bonds. The van der Waals surface area contributed by atoms with Gasteiger partial charge < -0.3 is 14.4 Å². The van der Waals surface area contributed by atoms with E-state index in [1.54, 1.807) is 13.8 Å². The van der Waals surface area contributed by atoms with Gasteiger partial charge in [-0.15, -0.1) is 6.42 Å². The van der Waals surface area contributed by atoms with Gasteiger partial charge in [-0.25, -0.2) is 0 Å². The lowest BCUT2D eigenvalue weighted by molar-refractivity contribution is -0.143. The van der Waals surface area contributed by atoms with Crippen molar-refractivity contribution < 1.29 is 19.2 Å². The molecular weight excluding hydrogens is 366 g/mol. The van der Waals surface area contributed by atoms with Gasteiger partial charge in [-0.2, -0.15) is 0 Å². The molecule has 3 rings (SSSR count). The Kier molecular flexibility index (Phi) is 6.48. The number of nitrogens with zero attached hydrogens (tertiary/aromatic N) is 1. The quantitative estimate of drug-likeness (QED) is 0.476. The lowest BCUT2D eigenvalue weighted by Gasteiger charge is -2.07. The molecule has 0 aliphatic carbocycles. The van der Waals surface area contributed by atoms with Crippen molar-refractivity contribution in [2.45, 2.75) is 32.8 Å². The van der Waals surface area contributed by atoms with Crippen LogP contribution in [0.2, 0.25) is 0 Å². The average Bonchev–Trinajstić information content (AvgIpc) is 3.14. The molecule has 1 N–H and O–H groups in total. The molecule has 5 nitrogen and oxygen atoms in total. The minimum atomic E-state index is -1.06. The molecule has 0 saturated heterocycles. The van der Waals surface area contributed by atoms with Gasteiger partial charge in [-0.1, -0.05) is 59.6 Å². The normalized spacial score (nSPS) is 11.7. The van der Waals surface area contributed by atoms with Crippen molar-refractivity contribution in [2.75, 3.05) is 6.61 Å². The van der Waals surface area contributed by atoms with Crippen LogP contribution in [0.5, 0.6) is 0 Å². The van der Waals surface area contributed by atoms with Crippen molar-refractivity contribution in [1.29, 1.82) is 0 Å². The molecule has 0 fully saturated rings. The van der Waals surface area contributed by atoms with Crippen molar-refractivity contribution in [3.8, 4) is 34.8 Å². The summed E-state index contributed by atoms with van der Waals surface area (Å²) >= 11 is 0. The zero-order valence-electron chi connectivity index (χ0n) is 16.5. The lowest BCUT2D eigenvalue weighted by Crippen LogP contribution is -2.05. The van der Waals surface area contributed by atoms with Gasteiger partial charge in [0.1, 0.15) is 6.10 Å². The van der Waals surface area contributed by atoms with Crippen LogP contribution in [-0.2, 0) is 16.0 Å². The van der Waals surface area contributed by atoms with Crippen LogP contribution in [0.25, 0.3) is 22.5 Å². The Bertz CT molecular complexity index is 1010. The second kappa shape index (κ2) is 9.22. The summed E-state index contributed by atoms with van der Waals surface area (Å²) in [4.78, 5) is 11.5. The average molecular weight is 389 g/mol. The fourth-order valence-electron chi connectivity index (χ4n) is 3.15. The second-order valence-corrected chi connectivity index (χ2v) is 6.66. The van der Waals surface area contributed by atoms with E-state index in [4.69, 9.17) is 15.7 Å². The highest BCUT2D eigenvalue weighted by molar-refractivity contribution is 5.71. The van der Waals surface area contributed by atoms with E-state index >= 15 is 0 Å². The number of aryl methyl sites for hydroxylation is 2. The fourth-order valence-corrected chi connectivity index (χ4v) is 3.15. The number of aromatic nitrogens is 1. The zero-order chi connectivity index (χ0) is 20.8. The summed E-state index contributed by atoms with van der Waals surface area (Å²) in [5.41, 5.74) is 5.09. The van der Waals surface area contributed by atoms with Crippen LogP contribution < -0.4 is 0 Å². The number of carbonyl (C=O) groups is 1. The fraction of sp³-hybridized carbons (Fsp3) is 0.250. The van der Waals surface area contributed by atoms with Gasteiger partial charge in [0.2, 0.25) is 0 Å². The van der Waals surface area contributed by atoms with Crippen LogP contribution in [-0.4, -0.2) is 22.8 Å². The summed E-state index contributed by atoms with van der Waals surface area (Å²) in [5, 5.41) is 14.0. The number of hydrogen-bond donors (Lipinski definition) is 1. The zero-order valence-corrected chi connectivity index (χ0v) is 16.5. The molecule has 0 aliphatic heterocycles. The first-order valence-electron chi connectivity index (χ1n) is 9.49. The van der Waals surface area contributed by atoms with Gasteiger partial charge in [0.25, 0.3) is 0 Å². The van der Waals surface area contributed by atoms with Gasteiger partial charge in [-0.3, -0.25) is 4.79 Å². The van der Waals surface area contributed by atoms with Crippen LogP contribution in [0.1, 0.15) is 36.3 Å². The first kappa shape index (κ1) is 20.4. The van der Waals surface area contributed by atoms with Crippen LogP contribution >= 0.6 is 0 Å². The van der Waals surface area contributed by atoms with Gasteiger partial charge in [-0.05, 0) is 37.0 Å². The molecule has 0 spiro atoms. The first-order valence-corrected chi connectivity index (χ1v) is 9.49. The molecule has 0 saturated carbocycles. The summed E-state index contributed by atoms with van der Waals surface area (Å²) in [6, 6.07) is 15.9. The van der Waals surface area contributed by atoms with Crippen molar-refractivity contribution >= 4 is 5.97 Å². The van der Waals surface area contributed by atoms with E-state index in [1.807, 2.05) is 48.5 Å². The Labute approximate surface area is 170 Å². The highest BCUT2D eigenvalue weighted by Crippen LogP contribution is 2.32. The molecule has 1 unspecified atom stereocenters. The number of esters is 1. The van der Waals surface area contributed by atoms with E-state index in [2.05, 4.69) is 11.1 Å². The SMILES string of the molecule is C#CC(O)c1c(C)noc1-c1ccc(-c2ccc(CCC(=O)OCC)cc2)cc1. The maximum Gasteiger partial charge on any atom is 0.306 e. The first-order chi connectivity index (χ1) is 14.0. The van der Waals surface area contributed by atoms with Crippen LogP contribution in [0.3, 0.4) is 0 Å². The molecule has 1 heterocycles. The molecule has 0 radical (unpaired) electrons. The summed E-state index contributed by atoms with van der Waals surface area (Å²) < 4.78 is 10.3. The van der Waals surface area contributed by atoms with E-state index < -0.39 is 6.10 Å². The summed E-state index contributed by atoms with van der Waals surface area (Å²) in [5.74, 6) is 2.62. The van der Waals surface area contributed by atoms with Gasteiger partial charge in [0.05, 0.1) is 17.9 Å². The summed E-state index contributed by atoms with van der Waals surface area (Å²) in [7, 11) is 0. The predicted molar refractivity (Wildman–Crippen MR) is 111 cm³/mol. The molecule has 0 aliphatic rings. The number of aliphatic hydroxyl groups is 1. The van der Waals surface area contributed by atoms with Crippen LogP contribution in [0, 0.1) is 19.3 Å². The minimum absolute atomic E-state index is 0.177. The Morgan fingerprint density at radius 1 is 1.14 bits per heavy atom. The number of carbonyl (C=O) groups excluding carboxylic acids is 1. The van der Waals surface area contributed by atoms with Crippen molar-refractivity contribution in [1.82, 2.24) is 5.16 Å². The van der Waals surface area contributed by atoms with Crippen molar-refractivity contribution in [2.24, 2.45) is 0 Å². The molecule has 1 aromatic heterocycles. The van der Waals surface area contributed by atoms with E-state index in [-0.39, 0.29) is 5.97 Å². The van der Waals surface area contributed by atoms with E-state index in [0.29, 0.717) is 36.5 Å². The van der Waals surface area contributed by atoms with Gasteiger partial charge in [0, 0.05) is 12.0 Å². The molecule has 148 valence electrons. The van der Waals surface area contributed by atoms with E-state index in [9.17, 15) is 9.90 Å². The Balaban J connectivity index is 1.74. The Hall–Kier alpha value is -3.36. The second-order valence-electron chi connectivity index (χ2n) is 6.66. The molecule has 1 atom stereocenters. The third-order valence-electron chi connectivity index (χ3n) is 4.70. The monoisotopic (exact) mass is 389 g/mol. The molecular formula is C24H23NO4. The van der Waals surface area contributed by atoms with E-state index in [0.717, 1.165) is 22.3 Å². The molecule has 3 aromatic rings. The van der Waals surface area contributed by atoms with E-state index in [1.165, 1.54) is 0 Å². The van der Waals surface area contributed by atoms with Crippen LogP contribution in [0.4, 0.5) is 0 Å². The predicted octanol–water partition coefficient (Wildman–Crippen LogP) is 4.48. The number of ether oxygens (including phenoxy) is 1. The standard InChI is InChI=1S/C24H23NO4/c1-4-21(26)23-16(3)25-29-24(23)20-13-11-19(12-14-20)18-9-6-17(7-10-18)8-15-22(27)28-5-2/h1,6-7,9-14,21,26H,5,8,15H2,2-3H3. The van der Waals surface area contributed by atoms with Gasteiger partial charge in [0.15, 0.2) is 5.76 Å². The third kappa shape index (κ3) is 4.74. The molecule has 0 bridgehead atoms. The smallest absolute Gasteiger partial charge is 0.306 e. The third-order valence-corrected chi connectivity index (χ3v) is 4.70. The number of benzene rings is 2. The molecule has 5 heteroatoms. The highest BCUT2D eigenvalue weighted by atomic mass is 16.5. The number of rotatable bonds is 7.